The molecule has 5 atom stereocenters. The van der Waals surface area contributed by atoms with Crippen molar-refractivity contribution in [2.75, 3.05) is 6.61 Å². The van der Waals surface area contributed by atoms with Crippen LogP contribution in [0.25, 0.3) is 11.0 Å². The monoisotopic (exact) mass is 352 g/mol. The number of hydrogen-bond donors (Lipinski definition) is 4. The van der Waals surface area contributed by atoms with E-state index in [1.54, 1.807) is 12.1 Å². The number of fused-ring (bicyclic) bond motifs is 1. The molecule has 2 heterocycles. The maximum Gasteiger partial charge on any atom is 0.336 e. The average Bonchev–Trinajstić information content (AvgIpc) is 2.61. The van der Waals surface area contributed by atoms with Gasteiger partial charge in [-0.1, -0.05) is 6.92 Å². The van der Waals surface area contributed by atoms with Crippen LogP contribution in [-0.4, -0.2) is 57.7 Å². The number of aryl methyl sites for hydroxylation is 1. The molecule has 0 unspecified atom stereocenters. The molecule has 0 bridgehead atoms. The van der Waals surface area contributed by atoms with Gasteiger partial charge in [-0.25, -0.2) is 4.79 Å². The average molecular weight is 352 g/mol. The number of hydrogen-bond acceptors (Lipinski definition) is 8. The van der Waals surface area contributed by atoms with E-state index >= 15 is 0 Å². The van der Waals surface area contributed by atoms with E-state index in [1.807, 2.05) is 6.92 Å². The van der Waals surface area contributed by atoms with Crippen molar-refractivity contribution in [3.8, 4) is 5.75 Å². The normalized spacial score (nSPS) is 29.7. The Kier molecular flexibility index (Phi) is 5.07. The van der Waals surface area contributed by atoms with Crippen molar-refractivity contribution in [3.05, 3.63) is 40.2 Å². The largest absolute Gasteiger partial charge is 0.462 e. The molecule has 0 saturated carbocycles. The lowest BCUT2D eigenvalue weighted by Gasteiger charge is -2.39. The molecular weight excluding hydrogens is 332 g/mol. The first-order valence-electron chi connectivity index (χ1n) is 7.98. The van der Waals surface area contributed by atoms with E-state index in [1.165, 1.54) is 12.1 Å². The Morgan fingerprint density at radius 2 is 1.88 bits per heavy atom. The molecule has 0 aliphatic carbocycles. The lowest BCUT2D eigenvalue weighted by molar-refractivity contribution is -0.277. The summed E-state index contributed by atoms with van der Waals surface area (Å²) in [5.41, 5.74) is 0.687. The minimum Gasteiger partial charge on any atom is -0.462 e. The molecular formula is C17H20O8. The van der Waals surface area contributed by atoms with Crippen molar-refractivity contribution in [2.45, 2.75) is 44.1 Å². The molecule has 1 fully saturated rings. The molecule has 1 aromatic heterocycles. The highest BCUT2D eigenvalue weighted by Crippen LogP contribution is 2.27. The molecule has 2 aromatic rings. The summed E-state index contributed by atoms with van der Waals surface area (Å²) in [7, 11) is 0. The van der Waals surface area contributed by atoms with E-state index in [0.717, 1.165) is 10.9 Å². The van der Waals surface area contributed by atoms with Gasteiger partial charge in [-0.2, -0.15) is 0 Å². The van der Waals surface area contributed by atoms with Gasteiger partial charge in [-0.3, -0.25) is 0 Å². The third-order valence-corrected chi connectivity index (χ3v) is 4.28. The molecule has 0 radical (unpaired) electrons. The van der Waals surface area contributed by atoms with Crippen LogP contribution in [0.3, 0.4) is 0 Å². The molecule has 1 aliphatic rings. The second-order valence-electron chi connectivity index (χ2n) is 5.92. The number of benzene rings is 1. The number of ether oxygens (including phenoxy) is 2. The Labute approximate surface area is 142 Å². The van der Waals surface area contributed by atoms with Crippen LogP contribution in [0.5, 0.6) is 5.75 Å². The lowest BCUT2D eigenvalue weighted by atomic mass is 9.99. The van der Waals surface area contributed by atoms with Gasteiger partial charge in [0.1, 0.15) is 35.7 Å². The molecule has 1 aliphatic heterocycles. The third-order valence-electron chi connectivity index (χ3n) is 4.28. The van der Waals surface area contributed by atoms with Gasteiger partial charge in [0, 0.05) is 17.5 Å². The molecule has 0 amide bonds. The predicted molar refractivity (Wildman–Crippen MR) is 86.3 cm³/mol. The quantitative estimate of drug-likeness (QED) is 0.544. The van der Waals surface area contributed by atoms with Gasteiger partial charge >= 0.3 is 5.63 Å². The fourth-order valence-electron chi connectivity index (χ4n) is 2.87. The zero-order chi connectivity index (χ0) is 18.1. The number of aliphatic hydroxyl groups excluding tert-OH is 4. The van der Waals surface area contributed by atoms with Gasteiger partial charge in [-0.05, 0) is 24.1 Å². The highest BCUT2D eigenvalue weighted by molar-refractivity contribution is 5.81. The number of aliphatic hydroxyl groups is 4. The van der Waals surface area contributed by atoms with Crippen LogP contribution in [-0.2, 0) is 11.2 Å². The van der Waals surface area contributed by atoms with Crippen molar-refractivity contribution in [3.63, 3.8) is 0 Å². The summed E-state index contributed by atoms with van der Waals surface area (Å²) < 4.78 is 16.0. The van der Waals surface area contributed by atoms with Gasteiger partial charge in [0.2, 0.25) is 6.29 Å². The van der Waals surface area contributed by atoms with E-state index in [4.69, 9.17) is 13.9 Å². The van der Waals surface area contributed by atoms with E-state index in [9.17, 15) is 25.2 Å². The first kappa shape index (κ1) is 17.8. The van der Waals surface area contributed by atoms with Crippen LogP contribution in [0, 0.1) is 0 Å². The van der Waals surface area contributed by atoms with Crippen molar-refractivity contribution in [1.29, 1.82) is 0 Å². The SMILES string of the molecule is CCc1cc(=O)oc2cc(O[C@@H]3O[C@H](CO)[C@@H](O)[C@H](O)[C@H]3O)ccc12. The van der Waals surface area contributed by atoms with Crippen molar-refractivity contribution in [2.24, 2.45) is 0 Å². The van der Waals surface area contributed by atoms with Crippen molar-refractivity contribution >= 4 is 11.0 Å². The Bertz CT molecular complexity index is 799. The molecule has 8 heteroatoms. The van der Waals surface area contributed by atoms with Crippen LogP contribution in [0.2, 0.25) is 0 Å². The van der Waals surface area contributed by atoms with E-state index < -0.39 is 42.9 Å². The summed E-state index contributed by atoms with van der Waals surface area (Å²) in [6.07, 6.45) is -6.19. The molecule has 0 spiro atoms. The number of rotatable bonds is 4. The molecule has 136 valence electrons. The summed E-state index contributed by atoms with van der Waals surface area (Å²) in [6, 6.07) is 6.25. The molecule has 4 N–H and O–H groups in total. The van der Waals surface area contributed by atoms with Gasteiger partial charge in [0.05, 0.1) is 6.61 Å². The summed E-state index contributed by atoms with van der Waals surface area (Å²) >= 11 is 0. The zero-order valence-electron chi connectivity index (χ0n) is 13.5. The lowest BCUT2D eigenvalue weighted by Crippen LogP contribution is -2.60. The molecule has 25 heavy (non-hydrogen) atoms. The molecule has 1 saturated heterocycles. The second kappa shape index (κ2) is 7.11. The fourth-order valence-corrected chi connectivity index (χ4v) is 2.87. The Hall–Kier alpha value is -1.97. The predicted octanol–water partition coefficient (Wildman–Crippen LogP) is -0.466. The highest BCUT2D eigenvalue weighted by atomic mass is 16.7. The minimum atomic E-state index is -1.53. The van der Waals surface area contributed by atoms with Crippen LogP contribution < -0.4 is 10.4 Å². The fraction of sp³-hybridized carbons (Fsp3) is 0.471. The van der Waals surface area contributed by atoms with Crippen LogP contribution in [0.4, 0.5) is 0 Å². The molecule has 1 aromatic carbocycles. The van der Waals surface area contributed by atoms with Gasteiger partial charge in [-0.15, -0.1) is 0 Å². The first-order chi connectivity index (χ1) is 11.9. The topological polar surface area (TPSA) is 130 Å². The van der Waals surface area contributed by atoms with Gasteiger partial charge in [0.15, 0.2) is 0 Å². The first-order valence-corrected chi connectivity index (χ1v) is 7.98. The maximum absolute atomic E-state index is 11.6. The van der Waals surface area contributed by atoms with Gasteiger partial charge in [0.25, 0.3) is 0 Å². The van der Waals surface area contributed by atoms with E-state index in [0.29, 0.717) is 12.0 Å². The molecule has 3 rings (SSSR count). The van der Waals surface area contributed by atoms with Crippen LogP contribution in [0.1, 0.15) is 12.5 Å². The van der Waals surface area contributed by atoms with Gasteiger partial charge < -0.3 is 34.3 Å². The Balaban J connectivity index is 1.88. The summed E-state index contributed by atoms with van der Waals surface area (Å²) in [6.45, 7) is 1.38. The summed E-state index contributed by atoms with van der Waals surface area (Å²) in [5.74, 6) is 0.244. The summed E-state index contributed by atoms with van der Waals surface area (Å²) in [4.78, 5) is 11.6. The Morgan fingerprint density at radius 3 is 2.56 bits per heavy atom. The zero-order valence-corrected chi connectivity index (χ0v) is 13.5. The van der Waals surface area contributed by atoms with Crippen LogP contribution >= 0.6 is 0 Å². The third kappa shape index (κ3) is 3.39. The van der Waals surface area contributed by atoms with E-state index in [-0.39, 0.29) is 5.75 Å². The smallest absolute Gasteiger partial charge is 0.336 e. The van der Waals surface area contributed by atoms with Crippen molar-refractivity contribution in [1.82, 2.24) is 0 Å². The van der Waals surface area contributed by atoms with Crippen molar-refractivity contribution < 1.29 is 34.3 Å². The maximum atomic E-state index is 11.6. The van der Waals surface area contributed by atoms with E-state index in [2.05, 4.69) is 0 Å². The minimum absolute atomic E-state index is 0.244. The Morgan fingerprint density at radius 1 is 1.12 bits per heavy atom. The highest BCUT2D eigenvalue weighted by Gasteiger charge is 2.44. The second-order valence-corrected chi connectivity index (χ2v) is 5.92. The van der Waals surface area contributed by atoms with Crippen LogP contribution in [0.15, 0.2) is 33.5 Å². The summed E-state index contributed by atoms with van der Waals surface area (Å²) in [5, 5.41) is 39.5. The molecule has 8 nitrogen and oxygen atoms in total. The standard InChI is InChI=1S/C17H20O8/c1-2-8-5-13(19)24-11-6-9(3-4-10(8)11)23-17-16(22)15(21)14(20)12(7-18)25-17/h3-6,12,14-18,20-22H,2,7H2,1H3/t12-,14-,15+,16-,17-/m1/s1.